The third kappa shape index (κ3) is 5.30. The highest BCUT2D eigenvalue weighted by molar-refractivity contribution is 5.91. The van der Waals surface area contributed by atoms with Gasteiger partial charge in [0.2, 0.25) is 5.91 Å². The highest BCUT2D eigenvalue weighted by Gasteiger charge is 2.28. The number of nitrogens with one attached hydrogen (secondary N) is 1. The molecule has 2 aliphatic rings. The summed E-state index contributed by atoms with van der Waals surface area (Å²) in [5.41, 5.74) is 0.663. The van der Waals surface area contributed by atoms with Crippen LogP contribution in [-0.2, 0) is 4.79 Å². The van der Waals surface area contributed by atoms with E-state index in [1.54, 1.807) is 32.4 Å². The molecule has 0 saturated carbocycles. The first-order valence-corrected chi connectivity index (χ1v) is 10.2. The molecule has 0 spiro atoms. The maximum absolute atomic E-state index is 12.6. The summed E-state index contributed by atoms with van der Waals surface area (Å²) >= 11 is 0. The average molecular weight is 389 g/mol. The van der Waals surface area contributed by atoms with Crippen LogP contribution in [0.3, 0.4) is 0 Å². The summed E-state index contributed by atoms with van der Waals surface area (Å²) in [6, 6.07) is 5.49. The first kappa shape index (κ1) is 20.3. The van der Waals surface area contributed by atoms with Crippen LogP contribution in [0.1, 0.15) is 38.5 Å². The Labute approximate surface area is 167 Å². The van der Waals surface area contributed by atoms with Crippen molar-refractivity contribution in [3.05, 3.63) is 18.2 Å². The topological polar surface area (TPSA) is 71.1 Å². The van der Waals surface area contributed by atoms with Crippen LogP contribution >= 0.6 is 0 Å². The van der Waals surface area contributed by atoms with Crippen LogP contribution < -0.4 is 14.8 Å². The zero-order valence-corrected chi connectivity index (χ0v) is 16.9. The number of hydrogen-bond acceptors (Lipinski definition) is 4. The predicted octanol–water partition coefficient (Wildman–Crippen LogP) is 3.35. The smallest absolute Gasteiger partial charge is 0.320 e. The lowest BCUT2D eigenvalue weighted by Crippen LogP contribution is -2.46. The maximum Gasteiger partial charge on any atom is 0.320 e. The molecular weight excluding hydrogens is 358 g/mol. The van der Waals surface area contributed by atoms with Gasteiger partial charge in [0.15, 0.2) is 0 Å². The lowest BCUT2D eigenvalue weighted by Gasteiger charge is -2.35. The van der Waals surface area contributed by atoms with Gasteiger partial charge in [-0.3, -0.25) is 4.79 Å². The van der Waals surface area contributed by atoms with Crippen molar-refractivity contribution < 1.29 is 19.1 Å². The third-order valence-electron chi connectivity index (χ3n) is 5.58. The Morgan fingerprint density at radius 1 is 1.00 bits per heavy atom. The fraction of sp³-hybridized carbons (Fsp3) is 0.619. The zero-order chi connectivity index (χ0) is 19.9. The number of rotatable bonds is 6. The van der Waals surface area contributed by atoms with E-state index in [1.807, 2.05) is 9.80 Å². The minimum atomic E-state index is -0.0294. The first-order valence-electron chi connectivity index (χ1n) is 10.2. The van der Waals surface area contributed by atoms with Gasteiger partial charge in [0.1, 0.15) is 11.5 Å². The Morgan fingerprint density at radius 3 is 2.29 bits per heavy atom. The molecule has 2 heterocycles. The second-order valence-corrected chi connectivity index (χ2v) is 7.62. The van der Waals surface area contributed by atoms with E-state index in [-0.39, 0.29) is 11.9 Å². The Hall–Kier alpha value is -2.44. The molecule has 7 heteroatoms. The number of anilines is 1. The molecule has 1 N–H and O–H groups in total. The summed E-state index contributed by atoms with van der Waals surface area (Å²) in [4.78, 5) is 28.9. The normalized spacial score (nSPS) is 19.4. The Kier molecular flexibility index (Phi) is 7.01. The molecule has 2 fully saturated rings. The van der Waals surface area contributed by atoms with Crippen LogP contribution in [0.4, 0.5) is 10.5 Å². The summed E-state index contributed by atoms with van der Waals surface area (Å²) in [6.45, 7) is 3.36. The summed E-state index contributed by atoms with van der Waals surface area (Å²) < 4.78 is 10.5. The van der Waals surface area contributed by atoms with Gasteiger partial charge >= 0.3 is 6.03 Å². The predicted molar refractivity (Wildman–Crippen MR) is 108 cm³/mol. The highest BCUT2D eigenvalue weighted by atomic mass is 16.5. The maximum atomic E-state index is 12.6. The summed E-state index contributed by atoms with van der Waals surface area (Å²) in [5, 5.41) is 2.92. The fourth-order valence-corrected chi connectivity index (χ4v) is 4.02. The number of nitrogens with zero attached hydrogens (tertiary/aromatic N) is 2. The van der Waals surface area contributed by atoms with Gasteiger partial charge in [0, 0.05) is 56.5 Å². The number of hydrogen-bond donors (Lipinski definition) is 1. The second-order valence-electron chi connectivity index (χ2n) is 7.62. The van der Waals surface area contributed by atoms with E-state index in [0.29, 0.717) is 29.5 Å². The van der Waals surface area contributed by atoms with Gasteiger partial charge in [-0.25, -0.2) is 4.79 Å². The molecule has 2 aliphatic heterocycles. The van der Waals surface area contributed by atoms with Crippen molar-refractivity contribution in [2.75, 3.05) is 45.7 Å². The summed E-state index contributed by atoms with van der Waals surface area (Å²) in [6.07, 6.45) is 5.53. The molecule has 0 bridgehead atoms. The fourth-order valence-electron chi connectivity index (χ4n) is 4.02. The highest BCUT2D eigenvalue weighted by Crippen LogP contribution is 2.27. The minimum Gasteiger partial charge on any atom is -0.497 e. The van der Waals surface area contributed by atoms with Crippen molar-refractivity contribution in [1.82, 2.24) is 9.80 Å². The van der Waals surface area contributed by atoms with Gasteiger partial charge < -0.3 is 24.6 Å². The number of carbonyl (C=O) groups excluding carboxylic acids is 2. The molecule has 1 atom stereocenters. The molecule has 1 aromatic carbocycles. The molecule has 3 rings (SSSR count). The summed E-state index contributed by atoms with van der Waals surface area (Å²) in [7, 11) is 3.16. The zero-order valence-electron chi connectivity index (χ0n) is 16.9. The van der Waals surface area contributed by atoms with Crippen molar-refractivity contribution in [3.8, 4) is 11.5 Å². The number of ether oxygens (including phenoxy) is 2. The van der Waals surface area contributed by atoms with E-state index in [9.17, 15) is 9.59 Å². The van der Waals surface area contributed by atoms with Crippen LogP contribution in [0.15, 0.2) is 18.2 Å². The molecule has 1 aromatic rings. The van der Waals surface area contributed by atoms with Crippen molar-refractivity contribution in [3.63, 3.8) is 0 Å². The van der Waals surface area contributed by atoms with E-state index in [0.717, 1.165) is 58.3 Å². The van der Waals surface area contributed by atoms with Crippen LogP contribution in [0.5, 0.6) is 11.5 Å². The van der Waals surface area contributed by atoms with Crippen LogP contribution in [-0.4, -0.2) is 62.1 Å². The minimum absolute atomic E-state index is 0.0294. The number of methoxy groups -OCH3 is 2. The molecular formula is C21H31N3O4. The van der Waals surface area contributed by atoms with E-state index in [4.69, 9.17) is 9.47 Å². The Morgan fingerprint density at radius 2 is 1.64 bits per heavy atom. The van der Waals surface area contributed by atoms with Crippen LogP contribution in [0.25, 0.3) is 0 Å². The molecule has 28 heavy (non-hydrogen) atoms. The second kappa shape index (κ2) is 9.66. The molecule has 7 nitrogen and oxygen atoms in total. The van der Waals surface area contributed by atoms with Crippen LogP contribution in [0.2, 0.25) is 0 Å². The van der Waals surface area contributed by atoms with E-state index >= 15 is 0 Å². The van der Waals surface area contributed by atoms with Gasteiger partial charge in [-0.05, 0) is 38.0 Å². The quantitative estimate of drug-likeness (QED) is 0.810. The number of amides is 3. The van der Waals surface area contributed by atoms with Crippen molar-refractivity contribution in [1.29, 1.82) is 0 Å². The van der Waals surface area contributed by atoms with Crippen molar-refractivity contribution in [2.45, 2.75) is 38.5 Å². The molecule has 154 valence electrons. The SMILES string of the molecule is COc1cc(NC(=O)CC[C@@H]2CCCN(C(=O)N3CCCC3)C2)cc(OC)c1. The molecule has 3 amide bonds. The van der Waals surface area contributed by atoms with Gasteiger partial charge in [-0.1, -0.05) is 0 Å². The molecule has 0 aromatic heterocycles. The van der Waals surface area contributed by atoms with Gasteiger partial charge in [0.25, 0.3) is 0 Å². The monoisotopic (exact) mass is 389 g/mol. The standard InChI is InChI=1S/C21H31N3O4/c1-27-18-12-17(13-19(14-18)28-2)22-20(25)8-7-16-6-5-11-24(15-16)21(26)23-9-3-4-10-23/h12-14,16H,3-11,15H2,1-2H3,(H,22,25)/t16-/m0/s1. The molecule has 0 unspecified atom stereocenters. The Balaban J connectivity index is 1.48. The van der Waals surface area contributed by atoms with E-state index in [1.165, 1.54) is 0 Å². The van der Waals surface area contributed by atoms with E-state index in [2.05, 4.69) is 5.32 Å². The lowest BCUT2D eigenvalue weighted by atomic mass is 9.93. The molecule has 0 aliphatic carbocycles. The summed E-state index contributed by atoms with van der Waals surface area (Å²) in [5.74, 6) is 1.63. The van der Waals surface area contributed by atoms with Gasteiger partial charge in [0.05, 0.1) is 14.2 Å². The van der Waals surface area contributed by atoms with Crippen LogP contribution in [0, 0.1) is 5.92 Å². The first-order chi connectivity index (χ1) is 13.6. The third-order valence-corrected chi connectivity index (χ3v) is 5.58. The largest absolute Gasteiger partial charge is 0.497 e. The van der Waals surface area contributed by atoms with Crippen molar-refractivity contribution >= 4 is 17.6 Å². The Bertz CT molecular complexity index is 666. The van der Waals surface area contributed by atoms with Crippen molar-refractivity contribution in [2.24, 2.45) is 5.92 Å². The van der Waals surface area contributed by atoms with Gasteiger partial charge in [-0.15, -0.1) is 0 Å². The number of urea groups is 1. The van der Waals surface area contributed by atoms with Gasteiger partial charge in [-0.2, -0.15) is 0 Å². The average Bonchev–Trinajstić information content (AvgIpc) is 3.26. The lowest BCUT2D eigenvalue weighted by molar-refractivity contribution is -0.116. The number of likely N-dealkylation sites (tertiary alicyclic amines) is 2. The number of carbonyl (C=O) groups is 2. The van der Waals surface area contributed by atoms with E-state index < -0.39 is 0 Å². The number of piperidine rings is 1. The number of benzene rings is 1. The molecule has 2 saturated heterocycles. The molecule has 0 radical (unpaired) electrons.